The molecule has 1 aromatic carbocycles. The molecule has 3 rings (SSSR count). The third-order valence-electron chi connectivity index (χ3n) is 3.34. The van der Waals surface area contributed by atoms with E-state index in [2.05, 4.69) is 10.2 Å². The third-order valence-corrected chi connectivity index (χ3v) is 3.34. The molecule has 2 heterocycles. The fourth-order valence-electron chi connectivity index (χ4n) is 2.45. The number of piperazine rings is 1. The van der Waals surface area contributed by atoms with Gasteiger partial charge < -0.3 is 20.5 Å². The molecule has 0 radical (unpaired) electrons. The lowest BCUT2D eigenvalue weighted by atomic mass is 10.1. The lowest BCUT2D eigenvalue weighted by Gasteiger charge is -2.32. The van der Waals surface area contributed by atoms with Crippen molar-refractivity contribution in [3.63, 3.8) is 0 Å². The normalized spacial score (nSPS) is 22.4. The van der Waals surface area contributed by atoms with E-state index >= 15 is 0 Å². The number of carbonyl (C=O) groups excluding carboxylic acids is 1. The minimum absolute atomic E-state index is 0.0300. The van der Waals surface area contributed by atoms with Crippen molar-refractivity contribution in [3.8, 4) is 11.5 Å². The number of nitrogens with zero attached hydrogens (tertiary/aromatic N) is 1. The Bertz CT molecular complexity index is 492. The Morgan fingerprint density at radius 1 is 1.37 bits per heavy atom. The number of rotatable bonds is 3. The molecular weight excluding hydrogens is 246 g/mol. The molecule has 1 saturated heterocycles. The van der Waals surface area contributed by atoms with Crippen LogP contribution in [0.15, 0.2) is 18.2 Å². The maximum absolute atomic E-state index is 11.6. The smallest absolute Gasteiger partial charge is 0.234 e. The van der Waals surface area contributed by atoms with E-state index in [0.29, 0.717) is 19.6 Å². The summed E-state index contributed by atoms with van der Waals surface area (Å²) in [7, 11) is 0. The van der Waals surface area contributed by atoms with Gasteiger partial charge in [-0.15, -0.1) is 0 Å². The second-order valence-corrected chi connectivity index (χ2v) is 4.86. The Hall–Kier alpha value is -1.79. The van der Waals surface area contributed by atoms with Gasteiger partial charge in [-0.05, 0) is 17.7 Å². The highest BCUT2D eigenvalue weighted by atomic mass is 16.7. The molecule has 1 fully saturated rings. The zero-order chi connectivity index (χ0) is 13.2. The van der Waals surface area contributed by atoms with E-state index in [9.17, 15) is 4.79 Å². The summed E-state index contributed by atoms with van der Waals surface area (Å²) in [6.45, 7) is 2.63. The first-order valence-electron chi connectivity index (χ1n) is 6.35. The van der Waals surface area contributed by atoms with Gasteiger partial charge in [-0.25, -0.2) is 0 Å². The van der Waals surface area contributed by atoms with Crippen molar-refractivity contribution in [2.75, 3.05) is 26.4 Å². The highest BCUT2D eigenvalue weighted by molar-refractivity contribution is 5.79. The average molecular weight is 263 g/mol. The van der Waals surface area contributed by atoms with Crippen LogP contribution in [0.3, 0.4) is 0 Å². The van der Waals surface area contributed by atoms with E-state index < -0.39 is 0 Å². The van der Waals surface area contributed by atoms with Gasteiger partial charge in [0, 0.05) is 19.6 Å². The predicted octanol–water partition coefficient (Wildman–Crippen LogP) is -0.326. The minimum Gasteiger partial charge on any atom is -0.454 e. The summed E-state index contributed by atoms with van der Waals surface area (Å²) >= 11 is 0. The molecule has 2 aliphatic rings. The molecule has 1 atom stereocenters. The van der Waals surface area contributed by atoms with Gasteiger partial charge in [0.2, 0.25) is 12.7 Å². The van der Waals surface area contributed by atoms with Gasteiger partial charge in [0.1, 0.15) is 0 Å². The van der Waals surface area contributed by atoms with Crippen molar-refractivity contribution in [3.05, 3.63) is 23.8 Å². The molecule has 0 aromatic heterocycles. The number of ether oxygens (including phenoxy) is 2. The zero-order valence-corrected chi connectivity index (χ0v) is 10.6. The van der Waals surface area contributed by atoms with Crippen LogP contribution in [0.25, 0.3) is 0 Å². The SMILES string of the molecule is NCC1CN(Cc2ccc3c(c2)OCO3)CC(=O)N1. The van der Waals surface area contributed by atoms with Crippen LogP contribution in [0.5, 0.6) is 11.5 Å². The van der Waals surface area contributed by atoms with Gasteiger partial charge in [-0.1, -0.05) is 6.07 Å². The van der Waals surface area contributed by atoms with Gasteiger partial charge in [0.05, 0.1) is 12.6 Å². The minimum atomic E-state index is 0.0300. The molecule has 0 spiro atoms. The Kier molecular flexibility index (Phi) is 3.27. The number of hydrogen-bond acceptors (Lipinski definition) is 5. The third kappa shape index (κ3) is 2.64. The molecule has 0 aliphatic carbocycles. The van der Waals surface area contributed by atoms with Gasteiger partial charge in [-0.3, -0.25) is 9.69 Å². The largest absolute Gasteiger partial charge is 0.454 e. The Morgan fingerprint density at radius 2 is 2.21 bits per heavy atom. The molecule has 1 unspecified atom stereocenters. The first kappa shape index (κ1) is 12.3. The molecule has 102 valence electrons. The fraction of sp³-hybridized carbons (Fsp3) is 0.462. The van der Waals surface area contributed by atoms with Crippen LogP contribution in [0, 0.1) is 0 Å². The summed E-state index contributed by atoms with van der Waals surface area (Å²) in [5.74, 6) is 1.58. The van der Waals surface area contributed by atoms with Gasteiger partial charge in [0.25, 0.3) is 0 Å². The van der Waals surface area contributed by atoms with Crippen molar-refractivity contribution in [1.82, 2.24) is 10.2 Å². The van der Waals surface area contributed by atoms with Crippen LogP contribution in [-0.4, -0.2) is 43.3 Å². The number of hydrogen-bond donors (Lipinski definition) is 2. The lowest BCUT2D eigenvalue weighted by molar-refractivity contribution is -0.125. The second kappa shape index (κ2) is 5.07. The Labute approximate surface area is 111 Å². The molecular formula is C13H17N3O3. The van der Waals surface area contributed by atoms with Crippen LogP contribution >= 0.6 is 0 Å². The van der Waals surface area contributed by atoms with Gasteiger partial charge >= 0.3 is 0 Å². The Balaban J connectivity index is 1.69. The van der Waals surface area contributed by atoms with E-state index in [0.717, 1.165) is 23.6 Å². The number of nitrogens with one attached hydrogen (secondary N) is 1. The summed E-state index contributed by atoms with van der Waals surface area (Å²) < 4.78 is 10.6. The molecule has 0 bridgehead atoms. The topological polar surface area (TPSA) is 76.8 Å². The maximum atomic E-state index is 11.6. The zero-order valence-electron chi connectivity index (χ0n) is 10.6. The van der Waals surface area contributed by atoms with Crippen LogP contribution in [-0.2, 0) is 11.3 Å². The average Bonchev–Trinajstić information content (AvgIpc) is 2.85. The first-order valence-corrected chi connectivity index (χ1v) is 6.35. The van der Waals surface area contributed by atoms with Crippen LogP contribution in [0.1, 0.15) is 5.56 Å². The highest BCUT2D eigenvalue weighted by Gasteiger charge is 2.24. The second-order valence-electron chi connectivity index (χ2n) is 4.86. The number of nitrogens with two attached hydrogens (primary N) is 1. The van der Waals surface area contributed by atoms with Crippen molar-refractivity contribution in [2.45, 2.75) is 12.6 Å². The van der Waals surface area contributed by atoms with E-state index in [1.807, 2.05) is 18.2 Å². The monoisotopic (exact) mass is 263 g/mol. The summed E-state index contributed by atoms with van der Waals surface area (Å²) in [6, 6.07) is 5.90. The van der Waals surface area contributed by atoms with Crippen molar-refractivity contribution < 1.29 is 14.3 Å². The van der Waals surface area contributed by atoms with E-state index in [-0.39, 0.29) is 18.7 Å². The van der Waals surface area contributed by atoms with E-state index in [1.165, 1.54) is 0 Å². The number of benzene rings is 1. The van der Waals surface area contributed by atoms with Crippen LogP contribution < -0.4 is 20.5 Å². The fourth-order valence-corrected chi connectivity index (χ4v) is 2.45. The highest BCUT2D eigenvalue weighted by Crippen LogP contribution is 2.32. The molecule has 2 aliphatic heterocycles. The molecule has 1 aromatic rings. The summed E-state index contributed by atoms with van der Waals surface area (Å²) in [5, 5.41) is 2.87. The summed E-state index contributed by atoms with van der Waals surface area (Å²) in [4.78, 5) is 13.7. The van der Waals surface area contributed by atoms with E-state index in [4.69, 9.17) is 15.2 Å². The van der Waals surface area contributed by atoms with Gasteiger partial charge in [0.15, 0.2) is 11.5 Å². The lowest BCUT2D eigenvalue weighted by Crippen LogP contribution is -2.56. The predicted molar refractivity (Wildman–Crippen MR) is 68.8 cm³/mol. The molecule has 6 nitrogen and oxygen atoms in total. The van der Waals surface area contributed by atoms with Crippen molar-refractivity contribution in [1.29, 1.82) is 0 Å². The number of fused-ring (bicyclic) bond motifs is 1. The molecule has 1 amide bonds. The number of amides is 1. The maximum Gasteiger partial charge on any atom is 0.234 e. The van der Waals surface area contributed by atoms with Crippen LogP contribution in [0.2, 0.25) is 0 Å². The molecule has 0 saturated carbocycles. The number of carbonyl (C=O) groups is 1. The van der Waals surface area contributed by atoms with Crippen molar-refractivity contribution in [2.24, 2.45) is 5.73 Å². The van der Waals surface area contributed by atoms with Crippen molar-refractivity contribution >= 4 is 5.91 Å². The Morgan fingerprint density at radius 3 is 3.05 bits per heavy atom. The summed E-state index contributed by atoms with van der Waals surface area (Å²) in [5.41, 5.74) is 6.72. The standard InChI is InChI=1S/C13H17N3O3/c14-4-10-6-16(7-13(17)15-10)5-9-1-2-11-12(3-9)19-8-18-11/h1-3,10H,4-8,14H2,(H,15,17). The molecule has 19 heavy (non-hydrogen) atoms. The first-order chi connectivity index (χ1) is 9.24. The quantitative estimate of drug-likeness (QED) is 0.781. The van der Waals surface area contributed by atoms with E-state index in [1.54, 1.807) is 0 Å². The van der Waals surface area contributed by atoms with Crippen LogP contribution in [0.4, 0.5) is 0 Å². The summed E-state index contributed by atoms with van der Waals surface area (Å²) in [6.07, 6.45) is 0. The molecule has 3 N–H and O–H groups in total. The van der Waals surface area contributed by atoms with Gasteiger partial charge in [-0.2, -0.15) is 0 Å². The molecule has 6 heteroatoms.